The number of hydrogen-bond donors (Lipinski definition) is 1. The van der Waals surface area contributed by atoms with Crippen molar-refractivity contribution in [3.8, 4) is 0 Å². The molecular formula is C15H20N2O2. The van der Waals surface area contributed by atoms with Gasteiger partial charge in [0, 0.05) is 0 Å². The number of carbonyl (C=O) groups excluding carboxylic acids is 2. The summed E-state index contributed by atoms with van der Waals surface area (Å²) < 4.78 is 0. The van der Waals surface area contributed by atoms with Gasteiger partial charge in [-0.05, 0) is 31.5 Å². The first kappa shape index (κ1) is 13.7. The lowest BCUT2D eigenvalue weighted by molar-refractivity contribution is -0.129. The molecule has 0 saturated carbocycles. The summed E-state index contributed by atoms with van der Waals surface area (Å²) in [6.45, 7) is 2.19. The van der Waals surface area contributed by atoms with E-state index in [0.717, 1.165) is 25.9 Å². The summed E-state index contributed by atoms with van der Waals surface area (Å²) in [7, 11) is 0. The van der Waals surface area contributed by atoms with E-state index in [4.69, 9.17) is 5.73 Å². The van der Waals surface area contributed by atoms with Gasteiger partial charge < -0.3 is 5.73 Å². The van der Waals surface area contributed by atoms with E-state index >= 15 is 0 Å². The van der Waals surface area contributed by atoms with Crippen LogP contribution in [-0.4, -0.2) is 36.2 Å². The van der Waals surface area contributed by atoms with Gasteiger partial charge in [-0.1, -0.05) is 36.8 Å². The van der Waals surface area contributed by atoms with Crippen molar-refractivity contribution in [2.75, 3.05) is 19.6 Å². The fourth-order valence-electron chi connectivity index (χ4n) is 2.58. The number of Topliss-reactive ketones (excluding diaryl/α,β-unsaturated/α-hetero) is 1. The Morgan fingerprint density at radius 1 is 1.11 bits per heavy atom. The summed E-state index contributed by atoms with van der Waals surface area (Å²) >= 11 is 0. The molecule has 1 unspecified atom stereocenters. The maximum Gasteiger partial charge on any atom is 0.232 e. The van der Waals surface area contributed by atoms with Crippen molar-refractivity contribution in [3.05, 3.63) is 35.9 Å². The van der Waals surface area contributed by atoms with Crippen LogP contribution in [0, 0.1) is 0 Å². The molecule has 1 aromatic rings. The lowest BCUT2D eigenvalue weighted by Gasteiger charge is -2.26. The van der Waals surface area contributed by atoms with Gasteiger partial charge in [-0.3, -0.25) is 14.5 Å². The first-order valence-electron chi connectivity index (χ1n) is 6.78. The molecule has 4 nitrogen and oxygen atoms in total. The molecule has 1 atom stereocenters. The molecule has 1 fully saturated rings. The van der Waals surface area contributed by atoms with Gasteiger partial charge in [-0.2, -0.15) is 0 Å². The van der Waals surface area contributed by atoms with Gasteiger partial charge in [0.25, 0.3) is 0 Å². The zero-order valence-corrected chi connectivity index (χ0v) is 11.0. The van der Waals surface area contributed by atoms with Crippen LogP contribution >= 0.6 is 0 Å². The number of benzene rings is 1. The van der Waals surface area contributed by atoms with Crippen LogP contribution in [0.4, 0.5) is 0 Å². The second kappa shape index (κ2) is 6.48. The molecule has 1 aromatic carbocycles. The van der Waals surface area contributed by atoms with Crippen LogP contribution in [0.1, 0.15) is 30.7 Å². The number of hydrogen-bond acceptors (Lipinski definition) is 3. The molecule has 19 heavy (non-hydrogen) atoms. The predicted molar refractivity (Wildman–Crippen MR) is 73.7 cm³/mol. The second-order valence-electron chi connectivity index (χ2n) is 5.05. The lowest BCUT2D eigenvalue weighted by atomic mass is 9.93. The second-order valence-corrected chi connectivity index (χ2v) is 5.05. The van der Waals surface area contributed by atoms with Crippen LogP contribution in [0.25, 0.3) is 0 Å². The van der Waals surface area contributed by atoms with E-state index in [9.17, 15) is 9.59 Å². The van der Waals surface area contributed by atoms with E-state index in [1.807, 2.05) is 18.2 Å². The highest BCUT2D eigenvalue weighted by molar-refractivity contribution is 6.06. The van der Waals surface area contributed by atoms with Gasteiger partial charge >= 0.3 is 0 Å². The molecule has 0 aromatic heterocycles. The van der Waals surface area contributed by atoms with Crippen LogP contribution in [0.15, 0.2) is 30.3 Å². The Balaban J connectivity index is 2.06. The van der Waals surface area contributed by atoms with E-state index in [-0.39, 0.29) is 5.78 Å². The van der Waals surface area contributed by atoms with Crippen molar-refractivity contribution < 1.29 is 9.59 Å². The number of rotatable bonds is 5. The van der Waals surface area contributed by atoms with Crippen LogP contribution < -0.4 is 5.73 Å². The molecule has 1 aliphatic rings. The van der Waals surface area contributed by atoms with E-state index in [2.05, 4.69) is 4.90 Å². The Bertz CT molecular complexity index is 439. The number of piperidine rings is 1. The number of nitrogens with zero attached hydrogens (tertiary/aromatic N) is 1. The molecule has 1 aliphatic heterocycles. The predicted octanol–water partition coefficient (Wildman–Crippen LogP) is 1.31. The van der Waals surface area contributed by atoms with Gasteiger partial charge in [0.15, 0.2) is 5.78 Å². The summed E-state index contributed by atoms with van der Waals surface area (Å²) in [5, 5.41) is 0. The molecule has 0 bridgehead atoms. The molecule has 0 aliphatic carbocycles. The van der Waals surface area contributed by atoms with Gasteiger partial charge in [-0.15, -0.1) is 0 Å². The van der Waals surface area contributed by atoms with Crippen LogP contribution in [0.5, 0.6) is 0 Å². The molecule has 2 rings (SSSR count). The molecular weight excluding hydrogens is 240 g/mol. The Hall–Kier alpha value is -1.68. The van der Waals surface area contributed by atoms with Crippen molar-refractivity contribution >= 4 is 11.7 Å². The molecule has 4 heteroatoms. The van der Waals surface area contributed by atoms with E-state index in [0.29, 0.717) is 12.1 Å². The number of primary amides is 1. The Kier molecular flexibility index (Phi) is 4.68. The first-order chi connectivity index (χ1) is 9.18. The SMILES string of the molecule is NC(=O)C(C(=O)CN1CCCCC1)c1ccccc1. The fourth-order valence-corrected chi connectivity index (χ4v) is 2.58. The van der Waals surface area contributed by atoms with Crippen molar-refractivity contribution in [3.63, 3.8) is 0 Å². The molecule has 0 radical (unpaired) electrons. The quantitative estimate of drug-likeness (QED) is 0.812. The minimum Gasteiger partial charge on any atom is -0.369 e. The van der Waals surface area contributed by atoms with Crippen LogP contribution in [0.3, 0.4) is 0 Å². The smallest absolute Gasteiger partial charge is 0.232 e. The highest BCUT2D eigenvalue weighted by Gasteiger charge is 2.27. The van der Waals surface area contributed by atoms with Crippen LogP contribution in [0.2, 0.25) is 0 Å². The topological polar surface area (TPSA) is 63.4 Å². The third-order valence-corrected chi connectivity index (χ3v) is 3.57. The number of likely N-dealkylation sites (tertiary alicyclic amines) is 1. The Labute approximate surface area is 113 Å². The van der Waals surface area contributed by atoms with Crippen LogP contribution in [-0.2, 0) is 9.59 Å². The third-order valence-electron chi connectivity index (χ3n) is 3.57. The minimum atomic E-state index is -0.817. The Morgan fingerprint density at radius 2 is 1.74 bits per heavy atom. The highest BCUT2D eigenvalue weighted by Crippen LogP contribution is 2.18. The molecule has 2 N–H and O–H groups in total. The number of ketones is 1. The van der Waals surface area contributed by atoms with E-state index in [1.54, 1.807) is 12.1 Å². The van der Waals surface area contributed by atoms with Gasteiger partial charge in [0.1, 0.15) is 5.92 Å². The molecule has 1 amide bonds. The molecule has 0 spiro atoms. The molecule has 1 heterocycles. The highest BCUT2D eigenvalue weighted by atomic mass is 16.2. The number of carbonyl (C=O) groups is 2. The standard InChI is InChI=1S/C15H20N2O2/c16-15(19)14(12-7-3-1-4-8-12)13(18)11-17-9-5-2-6-10-17/h1,3-4,7-8,14H,2,5-6,9-11H2,(H2,16,19). The summed E-state index contributed by atoms with van der Waals surface area (Å²) in [6.07, 6.45) is 3.47. The maximum absolute atomic E-state index is 12.3. The summed E-state index contributed by atoms with van der Waals surface area (Å²) in [5.74, 6) is -1.48. The average Bonchev–Trinajstić information content (AvgIpc) is 2.40. The normalized spacial score (nSPS) is 17.9. The number of amides is 1. The van der Waals surface area contributed by atoms with Crippen molar-refractivity contribution in [2.24, 2.45) is 5.73 Å². The first-order valence-corrected chi connectivity index (χ1v) is 6.78. The van der Waals surface area contributed by atoms with Crippen molar-refractivity contribution in [1.29, 1.82) is 0 Å². The minimum absolute atomic E-state index is 0.0967. The third kappa shape index (κ3) is 3.64. The molecule has 102 valence electrons. The van der Waals surface area contributed by atoms with Gasteiger partial charge in [0.05, 0.1) is 6.54 Å². The van der Waals surface area contributed by atoms with Gasteiger partial charge in [-0.25, -0.2) is 0 Å². The number of nitrogens with two attached hydrogens (primary N) is 1. The molecule has 1 saturated heterocycles. The van der Waals surface area contributed by atoms with E-state index < -0.39 is 11.8 Å². The van der Waals surface area contributed by atoms with E-state index in [1.165, 1.54) is 6.42 Å². The zero-order valence-electron chi connectivity index (χ0n) is 11.0. The summed E-state index contributed by atoms with van der Waals surface area (Å²) in [6, 6.07) is 9.06. The van der Waals surface area contributed by atoms with Crippen molar-refractivity contribution in [2.45, 2.75) is 25.2 Å². The lowest BCUT2D eigenvalue weighted by Crippen LogP contribution is -2.39. The summed E-state index contributed by atoms with van der Waals surface area (Å²) in [4.78, 5) is 26.0. The fraction of sp³-hybridized carbons (Fsp3) is 0.467. The van der Waals surface area contributed by atoms with Gasteiger partial charge in [0.2, 0.25) is 5.91 Å². The average molecular weight is 260 g/mol. The maximum atomic E-state index is 12.3. The zero-order chi connectivity index (χ0) is 13.7. The largest absolute Gasteiger partial charge is 0.369 e. The van der Waals surface area contributed by atoms with Crippen molar-refractivity contribution in [1.82, 2.24) is 4.90 Å². The summed E-state index contributed by atoms with van der Waals surface area (Å²) in [5.41, 5.74) is 6.09. The monoisotopic (exact) mass is 260 g/mol. The Morgan fingerprint density at radius 3 is 2.32 bits per heavy atom.